The molecular weight excluding hydrogens is 340 g/mol. The Morgan fingerprint density at radius 3 is 2.33 bits per heavy atom. The van der Waals surface area contributed by atoms with Crippen molar-refractivity contribution in [2.24, 2.45) is 10.2 Å². The standard InChI is InChI=1S/C20H28N6O/c1-4-6-13-26(14-7-5-2)17-9-10-18(19(15-17)23-16(3)27)24-25-20-21-11-8-12-22-20/h8-12,15H,4-7,13-14H2,1-3H3,(H,23,27). The zero-order valence-corrected chi connectivity index (χ0v) is 16.4. The van der Waals surface area contributed by atoms with Gasteiger partial charge in [-0.3, -0.25) is 4.79 Å². The smallest absolute Gasteiger partial charge is 0.268 e. The van der Waals surface area contributed by atoms with Crippen LogP contribution < -0.4 is 10.2 Å². The Morgan fingerprint density at radius 1 is 1.07 bits per heavy atom. The highest BCUT2D eigenvalue weighted by Gasteiger charge is 2.11. The molecule has 0 spiro atoms. The predicted octanol–water partition coefficient (Wildman–Crippen LogP) is 5.26. The molecule has 0 unspecified atom stereocenters. The summed E-state index contributed by atoms with van der Waals surface area (Å²) in [6, 6.07) is 7.58. The summed E-state index contributed by atoms with van der Waals surface area (Å²) in [7, 11) is 0. The fourth-order valence-electron chi connectivity index (χ4n) is 2.61. The van der Waals surface area contributed by atoms with E-state index in [2.05, 4.69) is 44.3 Å². The van der Waals surface area contributed by atoms with Gasteiger partial charge in [0, 0.05) is 38.1 Å². The van der Waals surface area contributed by atoms with Crippen molar-refractivity contribution in [3.63, 3.8) is 0 Å². The van der Waals surface area contributed by atoms with Crippen LogP contribution in [-0.4, -0.2) is 29.0 Å². The number of anilines is 2. The molecule has 1 aromatic heterocycles. The quantitative estimate of drug-likeness (QED) is 0.580. The largest absolute Gasteiger partial charge is 0.371 e. The average molecular weight is 368 g/mol. The number of unbranched alkanes of at least 4 members (excludes halogenated alkanes) is 2. The van der Waals surface area contributed by atoms with Crippen molar-refractivity contribution in [2.75, 3.05) is 23.3 Å². The molecule has 7 heteroatoms. The number of carbonyl (C=O) groups is 1. The molecule has 0 radical (unpaired) electrons. The first-order chi connectivity index (χ1) is 13.1. The molecule has 0 fully saturated rings. The van der Waals surface area contributed by atoms with Gasteiger partial charge in [0.15, 0.2) is 0 Å². The monoisotopic (exact) mass is 368 g/mol. The summed E-state index contributed by atoms with van der Waals surface area (Å²) in [6.45, 7) is 7.86. The van der Waals surface area contributed by atoms with E-state index < -0.39 is 0 Å². The van der Waals surface area contributed by atoms with Gasteiger partial charge >= 0.3 is 0 Å². The lowest BCUT2D eigenvalue weighted by Gasteiger charge is -2.25. The zero-order chi connectivity index (χ0) is 19.5. The number of amides is 1. The lowest BCUT2D eigenvalue weighted by atomic mass is 10.2. The van der Waals surface area contributed by atoms with Crippen molar-refractivity contribution in [1.82, 2.24) is 9.97 Å². The van der Waals surface area contributed by atoms with Crippen LogP contribution in [0.2, 0.25) is 0 Å². The van der Waals surface area contributed by atoms with Crippen LogP contribution in [0.3, 0.4) is 0 Å². The molecular formula is C20H28N6O. The molecule has 0 bridgehead atoms. The third-order valence-electron chi connectivity index (χ3n) is 4.02. The highest BCUT2D eigenvalue weighted by molar-refractivity contribution is 5.92. The van der Waals surface area contributed by atoms with Crippen molar-refractivity contribution in [1.29, 1.82) is 0 Å². The summed E-state index contributed by atoms with van der Waals surface area (Å²) in [6.07, 6.45) is 7.77. The van der Waals surface area contributed by atoms with Gasteiger partial charge in [-0.1, -0.05) is 26.7 Å². The molecule has 0 saturated carbocycles. The summed E-state index contributed by atoms with van der Waals surface area (Å²) in [5, 5.41) is 11.1. The van der Waals surface area contributed by atoms with Crippen LogP contribution in [0, 0.1) is 0 Å². The minimum absolute atomic E-state index is 0.145. The van der Waals surface area contributed by atoms with Gasteiger partial charge < -0.3 is 10.2 Å². The summed E-state index contributed by atoms with van der Waals surface area (Å²) < 4.78 is 0. The van der Waals surface area contributed by atoms with E-state index in [0.29, 0.717) is 11.4 Å². The number of nitrogens with one attached hydrogen (secondary N) is 1. The van der Waals surface area contributed by atoms with E-state index in [4.69, 9.17) is 0 Å². The van der Waals surface area contributed by atoms with Gasteiger partial charge in [0.25, 0.3) is 5.95 Å². The van der Waals surface area contributed by atoms with Crippen LogP contribution in [0.4, 0.5) is 23.0 Å². The summed E-state index contributed by atoms with van der Waals surface area (Å²) >= 11 is 0. The van der Waals surface area contributed by atoms with Crippen molar-refractivity contribution in [3.8, 4) is 0 Å². The predicted molar refractivity (Wildman–Crippen MR) is 109 cm³/mol. The first-order valence-corrected chi connectivity index (χ1v) is 9.49. The molecule has 27 heavy (non-hydrogen) atoms. The van der Waals surface area contributed by atoms with Crippen LogP contribution in [0.5, 0.6) is 0 Å². The van der Waals surface area contributed by atoms with E-state index in [9.17, 15) is 4.79 Å². The second-order valence-electron chi connectivity index (χ2n) is 6.33. The van der Waals surface area contributed by atoms with E-state index in [0.717, 1.165) is 44.5 Å². The number of azo groups is 1. The zero-order valence-electron chi connectivity index (χ0n) is 16.4. The number of aromatic nitrogens is 2. The molecule has 7 nitrogen and oxygen atoms in total. The Bertz CT molecular complexity index is 739. The fourth-order valence-corrected chi connectivity index (χ4v) is 2.61. The minimum atomic E-state index is -0.145. The topological polar surface area (TPSA) is 82.8 Å². The summed E-state index contributed by atoms with van der Waals surface area (Å²) in [5.74, 6) is 0.135. The summed E-state index contributed by atoms with van der Waals surface area (Å²) in [4.78, 5) is 22.1. The Hall–Kier alpha value is -2.83. The van der Waals surface area contributed by atoms with Gasteiger partial charge in [-0.05, 0) is 37.1 Å². The molecule has 0 aliphatic rings. The number of nitrogens with zero attached hydrogens (tertiary/aromatic N) is 5. The van der Waals surface area contributed by atoms with Crippen molar-refractivity contribution < 1.29 is 4.79 Å². The van der Waals surface area contributed by atoms with Gasteiger partial charge in [0.1, 0.15) is 5.69 Å². The maximum Gasteiger partial charge on any atom is 0.268 e. The molecule has 144 valence electrons. The molecule has 0 aliphatic carbocycles. The maximum atomic E-state index is 11.6. The van der Waals surface area contributed by atoms with Crippen LogP contribution >= 0.6 is 0 Å². The molecule has 1 aromatic carbocycles. The molecule has 1 N–H and O–H groups in total. The Kier molecular flexibility index (Phi) is 8.35. The molecule has 0 atom stereocenters. The molecule has 0 aliphatic heterocycles. The van der Waals surface area contributed by atoms with E-state index in [1.165, 1.54) is 6.92 Å². The van der Waals surface area contributed by atoms with Crippen LogP contribution in [0.25, 0.3) is 0 Å². The number of benzene rings is 1. The molecule has 1 heterocycles. The third kappa shape index (κ3) is 6.77. The Labute approximate surface area is 160 Å². The maximum absolute atomic E-state index is 11.6. The van der Waals surface area contributed by atoms with Gasteiger partial charge in [-0.2, -0.15) is 0 Å². The van der Waals surface area contributed by atoms with Crippen LogP contribution in [-0.2, 0) is 4.79 Å². The second kappa shape index (κ2) is 11.0. The number of carbonyl (C=O) groups excluding carboxylic acids is 1. The normalized spacial score (nSPS) is 10.9. The van der Waals surface area contributed by atoms with Gasteiger partial charge in [-0.15, -0.1) is 10.2 Å². The lowest BCUT2D eigenvalue weighted by Crippen LogP contribution is -2.25. The second-order valence-corrected chi connectivity index (χ2v) is 6.33. The van der Waals surface area contributed by atoms with Gasteiger partial charge in [-0.25, -0.2) is 9.97 Å². The highest BCUT2D eigenvalue weighted by atomic mass is 16.1. The third-order valence-corrected chi connectivity index (χ3v) is 4.02. The molecule has 2 aromatic rings. The number of hydrogen-bond acceptors (Lipinski definition) is 6. The number of rotatable bonds is 10. The molecule has 2 rings (SSSR count). The van der Waals surface area contributed by atoms with Crippen LogP contribution in [0.1, 0.15) is 46.5 Å². The van der Waals surface area contributed by atoms with Crippen LogP contribution in [0.15, 0.2) is 46.9 Å². The Morgan fingerprint density at radius 2 is 1.74 bits per heavy atom. The average Bonchev–Trinajstić information content (AvgIpc) is 2.67. The number of hydrogen-bond donors (Lipinski definition) is 1. The van der Waals surface area contributed by atoms with Gasteiger partial charge in [0.05, 0.1) is 5.69 Å². The summed E-state index contributed by atoms with van der Waals surface area (Å²) in [5.41, 5.74) is 2.29. The van der Waals surface area contributed by atoms with E-state index >= 15 is 0 Å². The highest BCUT2D eigenvalue weighted by Crippen LogP contribution is 2.31. The Balaban J connectivity index is 2.29. The van der Waals surface area contributed by atoms with E-state index in [-0.39, 0.29) is 11.9 Å². The molecule has 0 saturated heterocycles. The van der Waals surface area contributed by atoms with Crippen molar-refractivity contribution in [3.05, 3.63) is 36.7 Å². The van der Waals surface area contributed by atoms with E-state index in [1.807, 2.05) is 18.2 Å². The SMILES string of the molecule is CCCCN(CCCC)c1ccc(N=Nc2ncccn2)c(NC(C)=O)c1. The minimum Gasteiger partial charge on any atom is -0.371 e. The first-order valence-electron chi connectivity index (χ1n) is 9.49. The van der Waals surface area contributed by atoms with Crippen molar-refractivity contribution in [2.45, 2.75) is 46.5 Å². The lowest BCUT2D eigenvalue weighted by molar-refractivity contribution is -0.114. The van der Waals surface area contributed by atoms with Gasteiger partial charge in [0.2, 0.25) is 5.91 Å². The fraction of sp³-hybridized carbons (Fsp3) is 0.450. The molecule has 1 amide bonds. The van der Waals surface area contributed by atoms with E-state index in [1.54, 1.807) is 18.5 Å². The first kappa shape index (κ1) is 20.5. The van der Waals surface area contributed by atoms with Crippen molar-refractivity contribution >= 4 is 28.9 Å².